The molecule has 6 heteroatoms. The number of halogens is 2. The standard InChI is InChI=1S/C10H14F2N2O2/c1-6(2)15-3-4-16-10-8(12)5-7(11)9(13)14-10/h5-6H,3-4H2,1-2H3,(H2,13,14). The van der Waals surface area contributed by atoms with E-state index in [0.717, 1.165) is 0 Å². The smallest absolute Gasteiger partial charge is 0.252 e. The predicted molar refractivity (Wildman–Crippen MR) is 55.1 cm³/mol. The van der Waals surface area contributed by atoms with E-state index in [-0.39, 0.29) is 24.4 Å². The van der Waals surface area contributed by atoms with Crippen molar-refractivity contribution in [1.29, 1.82) is 0 Å². The maximum absolute atomic E-state index is 13.1. The second-order valence-electron chi connectivity index (χ2n) is 3.41. The molecule has 0 amide bonds. The van der Waals surface area contributed by atoms with Gasteiger partial charge in [0, 0.05) is 6.07 Å². The molecule has 4 nitrogen and oxygen atoms in total. The summed E-state index contributed by atoms with van der Waals surface area (Å²) in [6.07, 6.45) is 0.0692. The lowest BCUT2D eigenvalue weighted by Crippen LogP contribution is -2.13. The van der Waals surface area contributed by atoms with Crippen LogP contribution in [-0.2, 0) is 4.74 Å². The van der Waals surface area contributed by atoms with Crippen LogP contribution in [0.25, 0.3) is 0 Å². The molecule has 0 aliphatic carbocycles. The number of rotatable bonds is 5. The van der Waals surface area contributed by atoms with Crippen molar-refractivity contribution in [3.63, 3.8) is 0 Å². The molecule has 1 aromatic heterocycles. The Morgan fingerprint density at radius 3 is 2.62 bits per heavy atom. The van der Waals surface area contributed by atoms with Crippen molar-refractivity contribution >= 4 is 5.82 Å². The lowest BCUT2D eigenvalue weighted by Gasteiger charge is -2.09. The zero-order valence-electron chi connectivity index (χ0n) is 9.17. The second kappa shape index (κ2) is 5.60. The van der Waals surface area contributed by atoms with Crippen LogP contribution in [0.5, 0.6) is 5.88 Å². The Morgan fingerprint density at radius 1 is 1.31 bits per heavy atom. The molecule has 1 aromatic rings. The third kappa shape index (κ3) is 3.62. The molecule has 90 valence electrons. The van der Waals surface area contributed by atoms with Gasteiger partial charge in [0.1, 0.15) is 6.61 Å². The summed E-state index contributed by atoms with van der Waals surface area (Å²) in [5.41, 5.74) is 5.18. The fraction of sp³-hybridized carbons (Fsp3) is 0.500. The normalized spacial score (nSPS) is 10.8. The maximum atomic E-state index is 13.1. The van der Waals surface area contributed by atoms with E-state index in [9.17, 15) is 8.78 Å². The molecule has 0 saturated heterocycles. The summed E-state index contributed by atoms with van der Waals surface area (Å²) in [6, 6.07) is 0.640. The van der Waals surface area contributed by atoms with Crippen molar-refractivity contribution in [3.8, 4) is 5.88 Å². The summed E-state index contributed by atoms with van der Waals surface area (Å²) < 4.78 is 36.0. The predicted octanol–water partition coefficient (Wildman–Crippen LogP) is 1.75. The second-order valence-corrected chi connectivity index (χ2v) is 3.41. The highest BCUT2D eigenvalue weighted by Crippen LogP contribution is 2.18. The molecule has 0 aliphatic heterocycles. The van der Waals surface area contributed by atoms with Gasteiger partial charge in [0.25, 0.3) is 5.88 Å². The summed E-state index contributed by atoms with van der Waals surface area (Å²) in [5.74, 6) is -2.48. The van der Waals surface area contributed by atoms with Crippen LogP contribution < -0.4 is 10.5 Å². The number of nitrogens with zero attached hydrogens (tertiary/aromatic N) is 1. The topological polar surface area (TPSA) is 57.4 Å². The molecule has 16 heavy (non-hydrogen) atoms. The van der Waals surface area contributed by atoms with Crippen molar-refractivity contribution in [1.82, 2.24) is 4.98 Å². The first-order valence-corrected chi connectivity index (χ1v) is 4.86. The summed E-state index contributed by atoms with van der Waals surface area (Å²) in [5, 5.41) is 0. The molecule has 0 saturated carbocycles. The molecule has 0 radical (unpaired) electrons. The average molecular weight is 232 g/mol. The van der Waals surface area contributed by atoms with E-state index in [1.54, 1.807) is 0 Å². The monoisotopic (exact) mass is 232 g/mol. The minimum Gasteiger partial charge on any atom is -0.473 e. The van der Waals surface area contributed by atoms with Gasteiger partial charge in [0.05, 0.1) is 12.7 Å². The Hall–Kier alpha value is -1.43. The number of anilines is 1. The van der Waals surface area contributed by atoms with Gasteiger partial charge in [-0.05, 0) is 13.8 Å². The minimum atomic E-state index is -0.900. The molecular formula is C10H14F2N2O2. The lowest BCUT2D eigenvalue weighted by atomic mass is 10.4. The molecule has 0 aliphatic rings. The Labute approximate surface area is 92.4 Å². The van der Waals surface area contributed by atoms with Crippen molar-refractivity contribution in [2.24, 2.45) is 0 Å². The van der Waals surface area contributed by atoms with Gasteiger partial charge in [-0.25, -0.2) is 8.78 Å². The van der Waals surface area contributed by atoms with Crippen LogP contribution in [0.3, 0.4) is 0 Å². The molecule has 1 heterocycles. The molecule has 2 N–H and O–H groups in total. The molecule has 0 aromatic carbocycles. The Balaban J connectivity index is 2.51. The Kier molecular flexibility index (Phi) is 4.42. The molecule has 0 atom stereocenters. The van der Waals surface area contributed by atoms with E-state index < -0.39 is 11.6 Å². The SMILES string of the molecule is CC(C)OCCOc1nc(N)c(F)cc1F. The van der Waals surface area contributed by atoms with Crippen molar-refractivity contribution < 1.29 is 18.3 Å². The largest absolute Gasteiger partial charge is 0.473 e. The van der Waals surface area contributed by atoms with Gasteiger partial charge in [-0.3, -0.25) is 0 Å². The first-order chi connectivity index (χ1) is 7.50. The molecule has 0 spiro atoms. The van der Waals surface area contributed by atoms with Gasteiger partial charge < -0.3 is 15.2 Å². The fourth-order valence-electron chi connectivity index (χ4n) is 0.987. The maximum Gasteiger partial charge on any atom is 0.252 e. The molecule has 0 bridgehead atoms. The Bertz CT molecular complexity index is 359. The molecule has 1 rings (SSSR count). The average Bonchev–Trinajstić information content (AvgIpc) is 2.19. The van der Waals surface area contributed by atoms with Gasteiger partial charge in [-0.1, -0.05) is 0 Å². The Morgan fingerprint density at radius 2 is 2.00 bits per heavy atom. The van der Waals surface area contributed by atoms with E-state index >= 15 is 0 Å². The van der Waals surface area contributed by atoms with Crippen LogP contribution in [-0.4, -0.2) is 24.3 Å². The molecule has 0 fully saturated rings. The number of aromatic nitrogens is 1. The summed E-state index contributed by atoms with van der Waals surface area (Å²) >= 11 is 0. The van der Waals surface area contributed by atoms with Crippen molar-refractivity contribution in [2.75, 3.05) is 18.9 Å². The summed E-state index contributed by atoms with van der Waals surface area (Å²) in [7, 11) is 0. The lowest BCUT2D eigenvalue weighted by molar-refractivity contribution is 0.0533. The highest BCUT2D eigenvalue weighted by Gasteiger charge is 2.10. The van der Waals surface area contributed by atoms with Gasteiger partial charge in [-0.2, -0.15) is 4.98 Å². The third-order valence-corrected chi connectivity index (χ3v) is 1.70. The summed E-state index contributed by atoms with van der Waals surface area (Å²) in [4.78, 5) is 3.44. The highest BCUT2D eigenvalue weighted by molar-refractivity contribution is 5.34. The fourth-order valence-corrected chi connectivity index (χ4v) is 0.987. The van der Waals surface area contributed by atoms with Gasteiger partial charge >= 0.3 is 0 Å². The quantitative estimate of drug-likeness (QED) is 0.786. The van der Waals surface area contributed by atoms with Crippen LogP contribution in [0.1, 0.15) is 13.8 Å². The third-order valence-electron chi connectivity index (χ3n) is 1.70. The van der Waals surface area contributed by atoms with E-state index in [1.165, 1.54) is 0 Å². The number of pyridine rings is 1. The van der Waals surface area contributed by atoms with E-state index in [1.807, 2.05) is 13.8 Å². The van der Waals surface area contributed by atoms with Crippen molar-refractivity contribution in [3.05, 3.63) is 17.7 Å². The number of hydrogen-bond donors (Lipinski definition) is 1. The van der Waals surface area contributed by atoms with Crippen LogP contribution in [0.4, 0.5) is 14.6 Å². The van der Waals surface area contributed by atoms with Crippen LogP contribution in [0.15, 0.2) is 6.07 Å². The first-order valence-electron chi connectivity index (χ1n) is 4.86. The van der Waals surface area contributed by atoms with Gasteiger partial charge in [-0.15, -0.1) is 0 Å². The van der Waals surface area contributed by atoms with Gasteiger partial charge in [0.2, 0.25) is 0 Å². The first kappa shape index (κ1) is 12.6. The van der Waals surface area contributed by atoms with E-state index in [2.05, 4.69) is 4.98 Å². The summed E-state index contributed by atoms with van der Waals surface area (Å²) in [6.45, 7) is 4.17. The molecular weight excluding hydrogens is 218 g/mol. The van der Waals surface area contributed by atoms with Crippen LogP contribution >= 0.6 is 0 Å². The number of ether oxygens (including phenoxy) is 2. The van der Waals surface area contributed by atoms with Gasteiger partial charge in [0.15, 0.2) is 17.5 Å². The van der Waals surface area contributed by atoms with E-state index in [4.69, 9.17) is 15.2 Å². The zero-order valence-corrected chi connectivity index (χ0v) is 9.17. The highest BCUT2D eigenvalue weighted by atomic mass is 19.1. The van der Waals surface area contributed by atoms with Crippen LogP contribution in [0, 0.1) is 11.6 Å². The number of hydrogen-bond acceptors (Lipinski definition) is 4. The van der Waals surface area contributed by atoms with E-state index in [0.29, 0.717) is 12.7 Å². The number of nitrogens with two attached hydrogens (primary N) is 1. The molecule has 0 unspecified atom stereocenters. The van der Waals surface area contributed by atoms with Crippen LogP contribution in [0.2, 0.25) is 0 Å². The minimum absolute atomic E-state index is 0.0692. The zero-order chi connectivity index (χ0) is 12.1. The van der Waals surface area contributed by atoms with Crippen molar-refractivity contribution in [2.45, 2.75) is 20.0 Å². The number of nitrogen functional groups attached to an aromatic ring is 1.